The van der Waals surface area contributed by atoms with Gasteiger partial charge in [0.1, 0.15) is 17.4 Å². The van der Waals surface area contributed by atoms with Crippen LogP contribution in [-0.4, -0.2) is 28.2 Å². The quantitative estimate of drug-likeness (QED) is 0.488. The number of likely N-dealkylation sites (N-methyl/N-ethyl adjacent to an activating group) is 1. The average Bonchev–Trinajstić information content (AvgIpc) is 3.31. The number of furan rings is 1. The van der Waals surface area contributed by atoms with Gasteiger partial charge in [-0.3, -0.25) is 14.5 Å². The first-order valence-corrected chi connectivity index (χ1v) is 9.07. The van der Waals surface area contributed by atoms with Crippen LogP contribution in [0.3, 0.4) is 0 Å². The monoisotopic (exact) mass is 398 g/mol. The van der Waals surface area contributed by atoms with Gasteiger partial charge in [0.2, 0.25) is 5.89 Å². The van der Waals surface area contributed by atoms with Crippen molar-refractivity contribution in [2.24, 2.45) is 0 Å². The average molecular weight is 398 g/mol. The van der Waals surface area contributed by atoms with Gasteiger partial charge in [-0.25, -0.2) is 0 Å². The maximum absolute atomic E-state index is 12.7. The fraction of sp³-hybridized carbons (Fsp3) is 0.136. The summed E-state index contributed by atoms with van der Waals surface area (Å²) in [4.78, 5) is 30.2. The number of benzene rings is 1. The number of amides is 2. The van der Waals surface area contributed by atoms with Crippen molar-refractivity contribution in [3.05, 3.63) is 58.5 Å². The summed E-state index contributed by atoms with van der Waals surface area (Å²) >= 11 is 0. The van der Waals surface area contributed by atoms with Crippen LogP contribution in [0.2, 0.25) is 0 Å². The van der Waals surface area contributed by atoms with E-state index in [1.54, 1.807) is 44.2 Å². The Bertz CT molecular complexity index is 1310. The molecule has 8 nitrogen and oxygen atoms in total. The van der Waals surface area contributed by atoms with Crippen LogP contribution in [0.5, 0.6) is 0 Å². The predicted octanol–water partition coefficient (Wildman–Crippen LogP) is 3.57. The number of hydrogen-bond acceptors (Lipinski definition) is 7. The predicted molar refractivity (Wildman–Crippen MR) is 105 cm³/mol. The van der Waals surface area contributed by atoms with Crippen LogP contribution in [0.25, 0.3) is 28.7 Å². The van der Waals surface area contributed by atoms with E-state index in [2.05, 4.69) is 11.1 Å². The summed E-state index contributed by atoms with van der Waals surface area (Å²) in [6.45, 7) is 3.35. The Morgan fingerprint density at radius 2 is 1.83 bits per heavy atom. The highest BCUT2D eigenvalue weighted by Crippen LogP contribution is 2.31. The molecule has 1 aliphatic rings. The van der Waals surface area contributed by atoms with Gasteiger partial charge in [-0.2, -0.15) is 15.5 Å². The summed E-state index contributed by atoms with van der Waals surface area (Å²) in [5, 5.41) is 18.2. The molecule has 2 aromatic heterocycles. The Balaban J connectivity index is 1.72. The Morgan fingerprint density at radius 3 is 2.43 bits per heavy atom. The van der Waals surface area contributed by atoms with Crippen molar-refractivity contribution in [2.45, 2.75) is 13.8 Å². The number of nitriles is 2. The third kappa shape index (κ3) is 2.97. The zero-order valence-corrected chi connectivity index (χ0v) is 16.1. The zero-order chi connectivity index (χ0) is 21.4. The molecule has 0 saturated heterocycles. The molecule has 30 heavy (non-hydrogen) atoms. The number of rotatable bonds is 3. The molecular weight excluding hydrogens is 384 g/mol. The molecule has 1 aromatic carbocycles. The third-order valence-electron chi connectivity index (χ3n) is 4.81. The lowest BCUT2D eigenvalue weighted by atomic mass is 9.95. The van der Waals surface area contributed by atoms with Crippen LogP contribution in [-0.2, 0) is 9.59 Å². The highest BCUT2D eigenvalue weighted by atomic mass is 16.4. The van der Waals surface area contributed by atoms with E-state index in [-0.39, 0.29) is 34.9 Å². The Kier molecular flexibility index (Phi) is 4.53. The fourth-order valence-corrected chi connectivity index (χ4v) is 3.20. The number of aromatic nitrogens is 1. The summed E-state index contributed by atoms with van der Waals surface area (Å²) in [6.07, 6.45) is 1.40. The lowest BCUT2D eigenvalue weighted by molar-refractivity contribution is -0.140. The summed E-state index contributed by atoms with van der Waals surface area (Å²) in [5.41, 5.74) is 2.30. The molecule has 1 aliphatic heterocycles. The number of nitrogens with zero attached hydrogens (tertiary/aromatic N) is 4. The summed E-state index contributed by atoms with van der Waals surface area (Å²) in [7, 11) is 0. The van der Waals surface area contributed by atoms with E-state index < -0.39 is 11.8 Å². The second-order valence-corrected chi connectivity index (χ2v) is 6.55. The second-order valence-electron chi connectivity index (χ2n) is 6.55. The van der Waals surface area contributed by atoms with E-state index >= 15 is 0 Å². The van der Waals surface area contributed by atoms with Gasteiger partial charge in [-0.15, -0.1) is 0 Å². The molecule has 0 unspecified atom stereocenters. The SMILES string of the molecule is CCN1C(=O)C(C#N)=C(C)/C(=C/c2nc3oc(-c4ccc(C#N)cc4)cc3o2)C1=O. The van der Waals surface area contributed by atoms with Gasteiger partial charge in [-0.1, -0.05) is 0 Å². The molecule has 8 heteroatoms. The molecule has 0 bridgehead atoms. The Hall–Kier alpha value is -4.43. The van der Waals surface area contributed by atoms with Crippen molar-refractivity contribution in [3.63, 3.8) is 0 Å². The molecule has 146 valence electrons. The molecule has 0 N–H and O–H groups in total. The first-order valence-electron chi connectivity index (χ1n) is 9.07. The maximum Gasteiger partial charge on any atom is 0.271 e. The molecule has 0 spiro atoms. The van der Waals surface area contributed by atoms with Gasteiger partial charge >= 0.3 is 0 Å². The van der Waals surface area contributed by atoms with Crippen molar-refractivity contribution >= 4 is 29.2 Å². The van der Waals surface area contributed by atoms with Crippen LogP contribution in [0.1, 0.15) is 25.3 Å². The Morgan fingerprint density at radius 1 is 1.10 bits per heavy atom. The number of carbonyl (C=O) groups excluding carboxylic acids is 2. The largest absolute Gasteiger partial charge is 0.435 e. The van der Waals surface area contributed by atoms with Gasteiger partial charge in [0.05, 0.1) is 11.6 Å². The van der Waals surface area contributed by atoms with Crippen molar-refractivity contribution in [2.75, 3.05) is 6.54 Å². The zero-order valence-electron chi connectivity index (χ0n) is 16.1. The Labute approximate surface area is 170 Å². The van der Waals surface area contributed by atoms with Crippen LogP contribution in [0.4, 0.5) is 0 Å². The van der Waals surface area contributed by atoms with Crippen molar-refractivity contribution < 1.29 is 18.4 Å². The lowest BCUT2D eigenvalue weighted by Crippen LogP contribution is -2.42. The van der Waals surface area contributed by atoms with E-state index in [1.165, 1.54) is 6.08 Å². The molecule has 0 atom stereocenters. The van der Waals surface area contributed by atoms with Gasteiger partial charge in [-0.05, 0) is 43.7 Å². The van der Waals surface area contributed by atoms with Crippen LogP contribution >= 0.6 is 0 Å². The molecule has 4 rings (SSSR count). The molecule has 0 radical (unpaired) electrons. The molecule has 0 fully saturated rings. The number of imide groups is 1. The third-order valence-corrected chi connectivity index (χ3v) is 4.81. The summed E-state index contributed by atoms with van der Waals surface area (Å²) in [5.74, 6) is -0.459. The standard InChI is InChI=1S/C22H14N4O4/c1-3-26-21(27)15(12(2)16(11-24)22(26)28)8-19-25-20-18(29-19)9-17(30-20)14-6-4-13(10-23)5-7-14/h4-9H,3H2,1-2H3/b15-8-. The van der Waals surface area contributed by atoms with Crippen molar-refractivity contribution in [1.29, 1.82) is 10.5 Å². The highest BCUT2D eigenvalue weighted by molar-refractivity contribution is 6.19. The minimum atomic E-state index is -0.604. The van der Waals surface area contributed by atoms with Crippen LogP contribution < -0.4 is 0 Å². The molecule has 0 aliphatic carbocycles. The summed E-state index contributed by atoms with van der Waals surface area (Å²) in [6, 6.07) is 12.5. The van der Waals surface area contributed by atoms with Crippen LogP contribution in [0, 0.1) is 22.7 Å². The smallest absolute Gasteiger partial charge is 0.271 e. The molecule has 3 aromatic rings. The first-order chi connectivity index (χ1) is 14.5. The topological polar surface area (TPSA) is 124 Å². The van der Waals surface area contributed by atoms with E-state index in [0.717, 1.165) is 10.5 Å². The fourth-order valence-electron chi connectivity index (χ4n) is 3.20. The molecular formula is C22H14N4O4. The minimum Gasteiger partial charge on any atom is -0.435 e. The molecule has 2 amide bonds. The van der Waals surface area contributed by atoms with Gasteiger partial charge in [0.15, 0.2) is 5.58 Å². The van der Waals surface area contributed by atoms with Gasteiger partial charge < -0.3 is 8.83 Å². The number of hydrogen-bond donors (Lipinski definition) is 0. The van der Waals surface area contributed by atoms with E-state index in [9.17, 15) is 14.9 Å². The molecule has 3 heterocycles. The van der Waals surface area contributed by atoms with Crippen LogP contribution in [0.15, 0.2) is 55.9 Å². The van der Waals surface area contributed by atoms with Crippen molar-refractivity contribution in [1.82, 2.24) is 9.88 Å². The van der Waals surface area contributed by atoms with Gasteiger partial charge in [0.25, 0.3) is 17.5 Å². The summed E-state index contributed by atoms with van der Waals surface area (Å²) < 4.78 is 11.4. The maximum atomic E-state index is 12.7. The number of carbonyl (C=O) groups is 2. The number of oxazole rings is 1. The minimum absolute atomic E-state index is 0.0824. The van der Waals surface area contributed by atoms with E-state index in [1.807, 2.05) is 6.07 Å². The lowest BCUT2D eigenvalue weighted by Gasteiger charge is -2.25. The molecule has 0 saturated carbocycles. The van der Waals surface area contributed by atoms with E-state index in [4.69, 9.17) is 14.1 Å². The van der Waals surface area contributed by atoms with Crippen molar-refractivity contribution in [3.8, 4) is 23.5 Å². The normalized spacial score (nSPS) is 15.7. The van der Waals surface area contributed by atoms with E-state index in [0.29, 0.717) is 16.9 Å². The highest BCUT2D eigenvalue weighted by Gasteiger charge is 2.34. The number of fused-ring (bicyclic) bond motifs is 1. The second kappa shape index (κ2) is 7.19. The first kappa shape index (κ1) is 18.9. The van der Waals surface area contributed by atoms with Gasteiger partial charge in [0, 0.05) is 29.8 Å².